The molecule has 0 spiro atoms. The quantitative estimate of drug-likeness (QED) is 0.790. The minimum Gasteiger partial charge on any atom is -0.375 e. The standard InChI is InChI=1S/C20H26F2N2O2/c21-19(22)10-6-17(14-19)20(26,16-4-2-1-3-5-16)18(25)24-12-8-15(7-11-23)9-13-24/h1-5,8,17,26H,6-7,9-14,23H2/t17-,20+/m1/s1. The summed E-state index contributed by atoms with van der Waals surface area (Å²) in [6.45, 7) is 1.42. The average Bonchev–Trinajstić information content (AvgIpc) is 3.02. The number of alkyl halides is 2. The van der Waals surface area contributed by atoms with Crippen LogP contribution >= 0.6 is 0 Å². The van der Waals surface area contributed by atoms with E-state index in [4.69, 9.17) is 5.73 Å². The highest BCUT2D eigenvalue weighted by atomic mass is 19.3. The first-order valence-electron chi connectivity index (χ1n) is 9.20. The highest BCUT2D eigenvalue weighted by molar-refractivity contribution is 5.87. The Morgan fingerprint density at radius 1 is 1.35 bits per heavy atom. The second-order valence-electron chi connectivity index (χ2n) is 7.33. The van der Waals surface area contributed by atoms with Crippen LogP contribution in [0.25, 0.3) is 0 Å². The largest absolute Gasteiger partial charge is 0.375 e. The fourth-order valence-electron chi connectivity index (χ4n) is 4.08. The number of hydrogen-bond acceptors (Lipinski definition) is 3. The van der Waals surface area contributed by atoms with Gasteiger partial charge in [-0.05, 0) is 31.4 Å². The molecular formula is C20H26F2N2O2. The van der Waals surface area contributed by atoms with Gasteiger partial charge in [-0.25, -0.2) is 8.78 Å². The van der Waals surface area contributed by atoms with E-state index in [-0.39, 0.29) is 12.8 Å². The zero-order valence-corrected chi connectivity index (χ0v) is 14.8. The number of amides is 1. The van der Waals surface area contributed by atoms with Gasteiger partial charge in [-0.3, -0.25) is 4.79 Å². The van der Waals surface area contributed by atoms with E-state index in [9.17, 15) is 18.7 Å². The van der Waals surface area contributed by atoms with Crippen LogP contribution in [-0.4, -0.2) is 41.5 Å². The zero-order valence-electron chi connectivity index (χ0n) is 14.8. The van der Waals surface area contributed by atoms with Gasteiger partial charge in [0.25, 0.3) is 5.91 Å². The SMILES string of the molecule is NCCC1=CCN(C(=O)[C@](O)(c2ccccc2)[C@@H]2CCC(F)(F)C2)CC1. The molecule has 0 radical (unpaired) electrons. The number of rotatable bonds is 5. The molecule has 1 aliphatic heterocycles. The lowest BCUT2D eigenvalue weighted by Gasteiger charge is -2.38. The number of aliphatic hydroxyl groups is 1. The highest BCUT2D eigenvalue weighted by Crippen LogP contribution is 2.48. The maximum atomic E-state index is 13.8. The van der Waals surface area contributed by atoms with E-state index in [0.717, 1.165) is 6.42 Å². The van der Waals surface area contributed by atoms with E-state index in [1.807, 2.05) is 6.08 Å². The Balaban J connectivity index is 1.88. The molecule has 1 heterocycles. The Labute approximate surface area is 152 Å². The third kappa shape index (κ3) is 3.67. The summed E-state index contributed by atoms with van der Waals surface area (Å²) in [6.07, 6.45) is 2.83. The van der Waals surface area contributed by atoms with Crippen LogP contribution in [0.5, 0.6) is 0 Å². The third-order valence-electron chi connectivity index (χ3n) is 5.59. The number of nitrogens with two attached hydrogens (primary N) is 1. The van der Waals surface area contributed by atoms with Crippen molar-refractivity contribution < 1.29 is 18.7 Å². The first kappa shape index (κ1) is 19.0. The van der Waals surface area contributed by atoms with E-state index in [0.29, 0.717) is 31.6 Å². The van der Waals surface area contributed by atoms with Gasteiger partial charge in [0.1, 0.15) is 0 Å². The van der Waals surface area contributed by atoms with Crippen molar-refractivity contribution >= 4 is 5.91 Å². The summed E-state index contributed by atoms with van der Waals surface area (Å²) in [5, 5.41) is 11.4. The molecule has 142 valence electrons. The first-order chi connectivity index (χ1) is 12.4. The van der Waals surface area contributed by atoms with E-state index in [1.165, 1.54) is 5.57 Å². The van der Waals surface area contributed by atoms with Crippen LogP contribution in [-0.2, 0) is 10.4 Å². The molecule has 6 heteroatoms. The molecule has 1 amide bonds. The summed E-state index contributed by atoms with van der Waals surface area (Å²) in [5.74, 6) is -4.10. The maximum absolute atomic E-state index is 13.8. The van der Waals surface area contributed by atoms with E-state index in [2.05, 4.69) is 0 Å². The molecule has 1 saturated carbocycles. The van der Waals surface area contributed by atoms with Gasteiger partial charge in [-0.15, -0.1) is 0 Å². The van der Waals surface area contributed by atoms with Crippen LogP contribution in [0.4, 0.5) is 8.78 Å². The predicted octanol–water partition coefficient (Wildman–Crippen LogP) is 2.82. The molecule has 2 aliphatic rings. The van der Waals surface area contributed by atoms with Gasteiger partial charge in [0, 0.05) is 31.8 Å². The Hall–Kier alpha value is -1.79. The van der Waals surface area contributed by atoms with Crippen molar-refractivity contribution in [2.75, 3.05) is 19.6 Å². The number of carbonyl (C=O) groups is 1. The van der Waals surface area contributed by atoms with Gasteiger partial charge >= 0.3 is 0 Å². The summed E-state index contributed by atoms with van der Waals surface area (Å²) in [7, 11) is 0. The van der Waals surface area contributed by atoms with Crippen LogP contribution in [0, 0.1) is 5.92 Å². The number of nitrogens with zero attached hydrogens (tertiary/aromatic N) is 1. The Morgan fingerprint density at radius 3 is 2.62 bits per heavy atom. The number of halogens is 2. The molecule has 3 N–H and O–H groups in total. The summed E-state index contributed by atoms with van der Waals surface area (Å²) in [6, 6.07) is 8.51. The van der Waals surface area contributed by atoms with E-state index >= 15 is 0 Å². The topological polar surface area (TPSA) is 66.6 Å². The first-order valence-corrected chi connectivity index (χ1v) is 9.20. The zero-order chi connectivity index (χ0) is 18.8. The molecule has 0 bridgehead atoms. The van der Waals surface area contributed by atoms with Crippen LogP contribution in [0.15, 0.2) is 42.0 Å². The lowest BCUT2D eigenvalue weighted by atomic mass is 9.78. The monoisotopic (exact) mass is 364 g/mol. The summed E-state index contributed by atoms with van der Waals surface area (Å²) in [4.78, 5) is 14.8. The smallest absolute Gasteiger partial charge is 0.259 e. The lowest BCUT2D eigenvalue weighted by Crippen LogP contribution is -2.52. The third-order valence-corrected chi connectivity index (χ3v) is 5.59. The van der Waals surface area contributed by atoms with Crippen LogP contribution in [0.2, 0.25) is 0 Å². The van der Waals surface area contributed by atoms with Crippen molar-refractivity contribution in [3.05, 3.63) is 47.5 Å². The minimum atomic E-state index is -2.83. The number of benzene rings is 1. The van der Waals surface area contributed by atoms with Crippen LogP contribution in [0.3, 0.4) is 0 Å². The van der Waals surface area contributed by atoms with Gasteiger partial charge in [-0.1, -0.05) is 42.0 Å². The fourth-order valence-corrected chi connectivity index (χ4v) is 4.08. The molecular weight excluding hydrogens is 338 g/mol. The van der Waals surface area contributed by atoms with Crippen molar-refractivity contribution in [3.63, 3.8) is 0 Å². The molecule has 1 aromatic carbocycles. The van der Waals surface area contributed by atoms with E-state index in [1.54, 1.807) is 35.2 Å². The van der Waals surface area contributed by atoms with Crippen LogP contribution < -0.4 is 5.73 Å². The van der Waals surface area contributed by atoms with Gasteiger partial charge in [0.15, 0.2) is 5.60 Å². The molecule has 2 atom stereocenters. The second-order valence-corrected chi connectivity index (χ2v) is 7.33. The maximum Gasteiger partial charge on any atom is 0.259 e. The van der Waals surface area contributed by atoms with E-state index < -0.39 is 29.8 Å². The average molecular weight is 364 g/mol. The van der Waals surface area contributed by atoms with Gasteiger partial charge in [0.05, 0.1) is 0 Å². The molecule has 3 rings (SSSR count). The number of hydrogen-bond donors (Lipinski definition) is 2. The van der Waals surface area contributed by atoms with Crippen LogP contribution in [0.1, 0.15) is 37.7 Å². The second kappa shape index (κ2) is 7.45. The Kier molecular flexibility index (Phi) is 5.44. The predicted molar refractivity (Wildman–Crippen MR) is 95.6 cm³/mol. The van der Waals surface area contributed by atoms with Gasteiger partial charge in [-0.2, -0.15) is 0 Å². The normalized spacial score (nSPS) is 24.8. The van der Waals surface area contributed by atoms with Crippen molar-refractivity contribution in [3.8, 4) is 0 Å². The molecule has 0 unspecified atom stereocenters. The lowest BCUT2D eigenvalue weighted by molar-refractivity contribution is -0.160. The number of carbonyl (C=O) groups excluding carboxylic acids is 1. The molecule has 0 saturated heterocycles. The van der Waals surface area contributed by atoms with Gasteiger partial charge in [0.2, 0.25) is 5.92 Å². The van der Waals surface area contributed by atoms with Crippen molar-refractivity contribution in [1.82, 2.24) is 4.90 Å². The summed E-state index contributed by atoms with van der Waals surface area (Å²) >= 11 is 0. The molecule has 26 heavy (non-hydrogen) atoms. The molecule has 1 aromatic rings. The van der Waals surface area contributed by atoms with Gasteiger partial charge < -0.3 is 15.7 Å². The van der Waals surface area contributed by atoms with Crippen molar-refractivity contribution in [1.29, 1.82) is 0 Å². The fraction of sp³-hybridized carbons (Fsp3) is 0.550. The highest BCUT2D eigenvalue weighted by Gasteiger charge is 2.54. The minimum absolute atomic E-state index is 0.131. The molecule has 0 aromatic heterocycles. The summed E-state index contributed by atoms with van der Waals surface area (Å²) in [5.41, 5.74) is 5.25. The van der Waals surface area contributed by atoms with Crippen molar-refractivity contribution in [2.24, 2.45) is 11.7 Å². The molecule has 1 fully saturated rings. The Morgan fingerprint density at radius 2 is 2.08 bits per heavy atom. The molecule has 1 aliphatic carbocycles. The summed E-state index contributed by atoms with van der Waals surface area (Å²) < 4.78 is 27.6. The van der Waals surface area contributed by atoms with Crippen molar-refractivity contribution in [2.45, 2.75) is 43.6 Å². The molecule has 4 nitrogen and oxygen atoms in total. The Bertz CT molecular complexity index is 678.